The lowest BCUT2D eigenvalue weighted by Gasteiger charge is -2.33. The van der Waals surface area contributed by atoms with Gasteiger partial charge in [0.1, 0.15) is 0 Å². The van der Waals surface area contributed by atoms with Crippen molar-refractivity contribution < 1.29 is 14.3 Å². The fraction of sp³-hybridized carbons (Fsp3) is 0.400. The molecule has 130 valence electrons. The van der Waals surface area contributed by atoms with Crippen molar-refractivity contribution in [2.24, 2.45) is 0 Å². The number of rotatable bonds is 10. The third-order valence-electron chi connectivity index (χ3n) is 4.73. The molecular weight excluding hydrogens is 319 g/mol. The van der Waals surface area contributed by atoms with E-state index in [4.69, 9.17) is 4.52 Å². The highest BCUT2D eigenvalue weighted by atomic mass is 31.2. The summed E-state index contributed by atoms with van der Waals surface area (Å²) in [5, 5.41) is 0. The highest BCUT2D eigenvalue weighted by Crippen LogP contribution is 2.38. The summed E-state index contributed by atoms with van der Waals surface area (Å²) in [4.78, 5) is 18.4. The zero-order chi connectivity index (χ0) is 17.3. The molecule has 0 spiro atoms. The van der Waals surface area contributed by atoms with Crippen molar-refractivity contribution in [1.82, 2.24) is 0 Å². The Bertz CT molecular complexity index is 574. The molecule has 1 atom stereocenters. The molecule has 0 heterocycles. The Balaban J connectivity index is 1.99. The Kier molecular flexibility index (Phi) is 7.87. The normalized spacial score (nSPS) is 13.8. The first-order valence-electron chi connectivity index (χ1n) is 8.56. The predicted octanol–water partition coefficient (Wildman–Crippen LogP) is 4.98. The molecule has 2 N–H and O–H groups in total. The van der Waals surface area contributed by atoms with Crippen LogP contribution in [0.25, 0.3) is 0 Å². The van der Waals surface area contributed by atoms with Gasteiger partial charge in [0.25, 0.3) is 0 Å². The van der Waals surface area contributed by atoms with E-state index in [1.807, 2.05) is 24.3 Å². The van der Waals surface area contributed by atoms with Gasteiger partial charge in [-0.1, -0.05) is 74.0 Å². The van der Waals surface area contributed by atoms with E-state index in [0.717, 1.165) is 32.1 Å². The van der Waals surface area contributed by atoms with Gasteiger partial charge in [-0.2, -0.15) is 0 Å². The summed E-state index contributed by atoms with van der Waals surface area (Å²) in [6.07, 6.45) is 5.15. The zero-order valence-corrected chi connectivity index (χ0v) is 15.2. The molecule has 3 nitrogen and oxygen atoms in total. The van der Waals surface area contributed by atoms with E-state index in [2.05, 4.69) is 43.3 Å². The second kappa shape index (κ2) is 9.90. The van der Waals surface area contributed by atoms with Crippen LogP contribution in [0.4, 0.5) is 0 Å². The Morgan fingerprint density at radius 2 is 1.54 bits per heavy atom. The van der Waals surface area contributed by atoms with Crippen molar-refractivity contribution in [2.45, 2.75) is 44.4 Å². The van der Waals surface area contributed by atoms with Crippen LogP contribution in [0.3, 0.4) is 0 Å². The van der Waals surface area contributed by atoms with Gasteiger partial charge in [0, 0.05) is 5.41 Å². The van der Waals surface area contributed by atoms with Crippen LogP contribution < -0.4 is 0 Å². The number of benzene rings is 2. The van der Waals surface area contributed by atoms with E-state index >= 15 is 0 Å². The van der Waals surface area contributed by atoms with E-state index in [0.29, 0.717) is 6.61 Å². The molecule has 4 heteroatoms. The first kappa shape index (κ1) is 19.1. The van der Waals surface area contributed by atoms with Crippen LogP contribution in [-0.2, 0) is 16.4 Å². The molecule has 0 bridgehead atoms. The summed E-state index contributed by atoms with van der Waals surface area (Å²) in [7, 11) is -2.32. The standard InChI is InChI=1S/C20H27O3P/c1-2-20(17-23-24(21)22,19-14-7-4-8-15-19)16-10-9-13-18-11-5-3-6-12-18/h3-8,11-12,14-15,21-22H,2,9-10,13,16-17H2,1H3. The summed E-state index contributed by atoms with van der Waals surface area (Å²) in [5.41, 5.74) is 2.41. The molecule has 1 unspecified atom stereocenters. The molecule has 0 aliphatic heterocycles. The smallest absolute Gasteiger partial charge is 0.327 e. The van der Waals surface area contributed by atoms with E-state index < -0.39 is 8.60 Å². The second-order valence-corrected chi connectivity index (χ2v) is 6.98. The van der Waals surface area contributed by atoms with Gasteiger partial charge in [-0.05, 0) is 36.8 Å². The van der Waals surface area contributed by atoms with Crippen LogP contribution in [0.2, 0.25) is 0 Å². The average molecular weight is 346 g/mol. The largest absolute Gasteiger partial charge is 0.328 e. The van der Waals surface area contributed by atoms with Crippen molar-refractivity contribution in [2.75, 3.05) is 6.61 Å². The summed E-state index contributed by atoms with van der Waals surface area (Å²) in [6.45, 7) is 2.49. The van der Waals surface area contributed by atoms with Gasteiger partial charge in [-0.3, -0.25) is 0 Å². The van der Waals surface area contributed by atoms with Crippen molar-refractivity contribution >= 4 is 8.60 Å². The van der Waals surface area contributed by atoms with Crippen molar-refractivity contribution in [3.63, 3.8) is 0 Å². The third kappa shape index (κ3) is 5.68. The Labute approximate surface area is 146 Å². The van der Waals surface area contributed by atoms with Crippen LogP contribution in [0.1, 0.15) is 43.7 Å². The molecule has 0 saturated carbocycles. The monoisotopic (exact) mass is 346 g/mol. The van der Waals surface area contributed by atoms with Crippen molar-refractivity contribution in [3.05, 3.63) is 71.8 Å². The number of hydrogen-bond donors (Lipinski definition) is 2. The minimum Gasteiger partial charge on any atom is -0.328 e. The maximum absolute atomic E-state index is 9.18. The van der Waals surface area contributed by atoms with Gasteiger partial charge in [-0.15, -0.1) is 0 Å². The van der Waals surface area contributed by atoms with Crippen LogP contribution in [0.15, 0.2) is 60.7 Å². The molecule has 0 aliphatic rings. The van der Waals surface area contributed by atoms with Gasteiger partial charge in [0.2, 0.25) is 0 Å². The van der Waals surface area contributed by atoms with Crippen LogP contribution in [-0.4, -0.2) is 16.4 Å². The van der Waals surface area contributed by atoms with Crippen LogP contribution in [0.5, 0.6) is 0 Å². The van der Waals surface area contributed by atoms with Gasteiger partial charge < -0.3 is 14.3 Å². The van der Waals surface area contributed by atoms with Gasteiger partial charge >= 0.3 is 8.60 Å². The molecule has 0 saturated heterocycles. The Morgan fingerprint density at radius 3 is 2.12 bits per heavy atom. The van der Waals surface area contributed by atoms with E-state index in [1.54, 1.807) is 0 Å². The maximum Gasteiger partial charge on any atom is 0.327 e. The van der Waals surface area contributed by atoms with E-state index in [9.17, 15) is 9.79 Å². The lowest BCUT2D eigenvalue weighted by molar-refractivity contribution is 0.171. The molecule has 0 aliphatic carbocycles. The van der Waals surface area contributed by atoms with E-state index in [-0.39, 0.29) is 5.41 Å². The molecule has 2 aromatic rings. The highest BCUT2D eigenvalue weighted by molar-refractivity contribution is 7.39. The van der Waals surface area contributed by atoms with Crippen LogP contribution in [0, 0.1) is 0 Å². The Hall–Kier alpha value is -1.25. The van der Waals surface area contributed by atoms with Crippen molar-refractivity contribution in [3.8, 4) is 0 Å². The quantitative estimate of drug-likeness (QED) is 0.471. The minimum absolute atomic E-state index is 0.163. The fourth-order valence-corrected chi connectivity index (χ4v) is 3.56. The first-order valence-corrected chi connectivity index (χ1v) is 9.73. The highest BCUT2D eigenvalue weighted by Gasteiger charge is 2.31. The first-order chi connectivity index (χ1) is 11.7. The summed E-state index contributed by atoms with van der Waals surface area (Å²) in [5.74, 6) is 0. The third-order valence-corrected chi connectivity index (χ3v) is 5.09. The molecule has 2 rings (SSSR count). The molecule has 0 amide bonds. The maximum atomic E-state index is 9.18. The molecule has 2 aromatic carbocycles. The predicted molar refractivity (Wildman–Crippen MR) is 99.7 cm³/mol. The second-order valence-electron chi connectivity index (χ2n) is 6.22. The SMILES string of the molecule is CCC(CCCCc1ccccc1)(COP(O)O)c1ccccc1. The minimum atomic E-state index is -2.32. The molecule has 0 aromatic heterocycles. The fourth-order valence-electron chi connectivity index (χ4n) is 3.19. The molecule has 24 heavy (non-hydrogen) atoms. The molecular formula is C20H27O3P. The van der Waals surface area contributed by atoms with Crippen molar-refractivity contribution in [1.29, 1.82) is 0 Å². The topological polar surface area (TPSA) is 49.7 Å². The summed E-state index contributed by atoms with van der Waals surface area (Å²) in [6, 6.07) is 20.8. The average Bonchev–Trinajstić information content (AvgIpc) is 2.63. The number of unbranched alkanes of at least 4 members (excludes halogenated alkanes) is 1. The Morgan fingerprint density at radius 1 is 0.917 bits per heavy atom. The van der Waals surface area contributed by atoms with Gasteiger partial charge in [0.15, 0.2) is 0 Å². The number of aryl methyl sites for hydroxylation is 1. The molecule has 0 fully saturated rings. The van der Waals surface area contributed by atoms with Gasteiger partial charge in [0.05, 0.1) is 6.61 Å². The lowest BCUT2D eigenvalue weighted by Crippen LogP contribution is -2.30. The van der Waals surface area contributed by atoms with Crippen LogP contribution >= 0.6 is 8.60 Å². The van der Waals surface area contributed by atoms with Gasteiger partial charge in [-0.25, -0.2) is 0 Å². The molecule has 0 radical (unpaired) electrons. The number of hydrogen-bond acceptors (Lipinski definition) is 3. The van der Waals surface area contributed by atoms with E-state index in [1.165, 1.54) is 11.1 Å². The lowest BCUT2D eigenvalue weighted by atomic mass is 9.75. The summed E-state index contributed by atoms with van der Waals surface area (Å²) >= 11 is 0. The summed E-state index contributed by atoms with van der Waals surface area (Å²) < 4.78 is 5.24. The zero-order valence-electron chi connectivity index (χ0n) is 14.3.